The normalized spacial score (nSPS) is 21.7. The lowest BCUT2D eigenvalue weighted by atomic mass is 10.2. The van der Waals surface area contributed by atoms with Crippen molar-refractivity contribution in [1.29, 1.82) is 0 Å². The Kier molecular flexibility index (Phi) is 3.06. The molecule has 1 atom stereocenters. The first-order chi connectivity index (χ1) is 6.86. The van der Waals surface area contributed by atoms with Crippen LogP contribution in [0.25, 0.3) is 0 Å². The molecule has 0 saturated carbocycles. The first kappa shape index (κ1) is 9.55. The summed E-state index contributed by atoms with van der Waals surface area (Å²) in [6.07, 6.45) is 4.81. The Morgan fingerprint density at radius 3 is 2.93 bits per heavy atom. The second kappa shape index (κ2) is 4.48. The highest BCUT2D eigenvalue weighted by Crippen LogP contribution is 2.08. The standard InChI is InChI=1S/C10H16N4/c1-14(9-3-6-11-7-9)8-10-12-4-2-5-13-10/h2,4-5,9,11H,3,6-8H2,1H3/t9-/m0/s1. The zero-order valence-corrected chi connectivity index (χ0v) is 8.48. The van der Waals surface area contributed by atoms with Gasteiger partial charge in [-0.1, -0.05) is 0 Å². The van der Waals surface area contributed by atoms with Crippen molar-refractivity contribution < 1.29 is 0 Å². The van der Waals surface area contributed by atoms with Crippen molar-refractivity contribution in [3.8, 4) is 0 Å². The van der Waals surface area contributed by atoms with Crippen molar-refractivity contribution in [2.75, 3.05) is 20.1 Å². The first-order valence-electron chi connectivity index (χ1n) is 5.03. The molecule has 2 heterocycles. The summed E-state index contributed by atoms with van der Waals surface area (Å²) in [6.45, 7) is 3.06. The Morgan fingerprint density at radius 1 is 1.50 bits per heavy atom. The molecule has 2 rings (SSSR count). The summed E-state index contributed by atoms with van der Waals surface area (Å²) < 4.78 is 0. The van der Waals surface area contributed by atoms with Gasteiger partial charge in [0.1, 0.15) is 5.82 Å². The van der Waals surface area contributed by atoms with E-state index in [0.29, 0.717) is 6.04 Å². The predicted molar refractivity (Wildman–Crippen MR) is 54.8 cm³/mol. The smallest absolute Gasteiger partial charge is 0.142 e. The minimum Gasteiger partial charge on any atom is -0.315 e. The van der Waals surface area contributed by atoms with Crippen molar-refractivity contribution in [2.45, 2.75) is 19.0 Å². The Labute approximate surface area is 84.4 Å². The number of hydrogen-bond donors (Lipinski definition) is 1. The van der Waals surface area contributed by atoms with Crippen LogP contribution in [0.2, 0.25) is 0 Å². The lowest BCUT2D eigenvalue weighted by molar-refractivity contribution is 0.243. The number of nitrogens with zero attached hydrogens (tertiary/aromatic N) is 3. The molecule has 4 heteroatoms. The zero-order valence-electron chi connectivity index (χ0n) is 8.48. The highest BCUT2D eigenvalue weighted by atomic mass is 15.2. The van der Waals surface area contributed by atoms with Gasteiger partial charge in [0.2, 0.25) is 0 Å². The highest BCUT2D eigenvalue weighted by Gasteiger charge is 2.19. The third kappa shape index (κ3) is 2.27. The summed E-state index contributed by atoms with van der Waals surface area (Å²) in [4.78, 5) is 10.7. The maximum atomic E-state index is 4.22. The molecule has 0 aliphatic carbocycles. The predicted octanol–water partition coefficient (Wildman–Crippen LogP) is 0.270. The SMILES string of the molecule is CN(Cc1ncccn1)[C@H]1CCNC1. The van der Waals surface area contributed by atoms with E-state index in [1.165, 1.54) is 6.42 Å². The summed E-state index contributed by atoms with van der Waals surface area (Å²) in [7, 11) is 2.13. The fraction of sp³-hybridized carbons (Fsp3) is 0.600. The Morgan fingerprint density at radius 2 is 2.29 bits per heavy atom. The minimum absolute atomic E-state index is 0.638. The number of hydrogen-bond acceptors (Lipinski definition) is 4. The van der Waals surface area contributed by atoms with Crippen molar-refractivity contribution in [1.82, 2.24) is 20.2 Å². The molecule has 0 radical (unpaired) electrons. The molecule has 1 aromatic heterocycles. The Balaban J connectivity index is 1.90. The van der Waals surface area contributed by atoms with Crippen LogP contribution in [0.3, 0.4) is 0 Å². The van der Waals surface area contributed by atoms with Crippen LogP contribution < -0.4 is 5.32 Å². The molecule has 1 fully saturated rings. The Bertz CT molecular complexity index is 269. The van der Waals surface area contributed by atoms with Crippen molar-refractivity contribution in [3.63, 3.8) is 0 Å². The quantitative estimate of drug-likeness (QED) is 0.746. The lowest BCUT2D eigenvalue weighted by Crippen LogP contribution is -2.33. The van der Waals surface area contributed by atoms with E-state index in [0.717, 1.165) is 25.5 Å². The third-order valence-corrected chi connectivity index (χ3v) is 2.67. The van der Waals surface area contributed by atoms with E-state index in [4.69, 9.17) is 0 Å². The Hall–Kier alpha value is -1.00. The van der Waals surface area contributed by atoms with Crippen LogP contribution >= 0.6 is 0 Å². The molecule has 1 N–H and O–H groups in total. The maximum Gasteiger partial charge on any atom is 0.142 e. The van der Waals surface area contributed by atoms with Gasteiger partial charge in [-0.05, 0) is 26.1 Å². The molecule has 14 heavy (non-hydrogen) atoms. The van der Waals surface area contributed by atoms with Gasteiger partial charge in [0, 0.05) is 25.0 Å². The number of nitrogens with one attached hydrogen (secondary N) is 1. The molecule has 1 saturated heterocycles. The molecule has 1 aliphatic rings. The lowest BCUT2D eigenvalue weighted by Gasteiger charge is -2.22. The number of rotatable bonds is 3. The average Bonchev–Trinajstić information content (AvgIpc) is 2.72. The summed E-state index contributed by atoms with van der Waals surface area (Å²) in [5.74, 6) is 0.905. The van der Waals surface area contributed by atoms with Gasteiger partial charge in [-0.15, -0.1) is 0 Å². The van der Waals surface area contributed by atoms with Crippen LogP contribution in [0.5, 0.6) is 0 Å². The van der Waals surface area contributed by atoms with Crippen LogP contribution in [0.15, 0.2) is 18.5 Å². The van der Waals surface area contributed by atoms with E-state index < -0.39 is 0 Å². The van der Waals surface area contributed by atoms with Crippen molar-refractivity contribution >= 4 is 0 Å². The largest absolute Gasteiger partial charge is 0.315 e. The van der Waals surface area contributed by atoms with Gasteiger partial charge >= 0.3 is 0 Å². The fourth-order valence-corrected chi connectivity index (χ4v) is 1.78. The summed E-state index contributed by atoms with van der Waals surface area (Å²) in [5, 5.41) is 3.36. The summed E-state index contributed by atoms with van der Waals surface area (Å²) >= 11 is 0. The second-order valence-electron chi connectivity index (χ2n) is 3.73. The molecule has 4 nitrogen and oxygen atoms in total. The van der Waals surface area contributed by atoms with Gasteiger partial charge in [-0.25, -0.2) is 9.97 Å². The van der Waals surface area contributed by atoms with E-state index >= 15 is 0 Å². The molecule has 0 unspecified atom stereocenters. The topological polar surface area (TPSA) is 41.1 Å². The van der Waals surface area contributed by atoms with Crippen LogP contribution in [-0.2, 0) is 6.54 Å². The molecule has 76 valence electrons. The number of likely N-dealkylation sites (N-methyl/N-ethyl adjacent to an activating group) is 1. The van der Waals surface area contributed by atoms with Gasteiger partial charge in [0.05, 0.1) is 6.54 Å². The number of aromatic nitrogens is 2. The monoisotopic (exact) mass is 192 g/mol. The van der Waals surface area contributed by atoms with Crippen molar-refractivity contribution in [3.05, 3.63) is 24.3 Å². The van der Waals surface area contributed by atoms with Gasteiger partial charge in [0.15, 0.2) is 0 Å². The molecule has 1 aromatic rings. The van der Waals surface area contributed by atoms with E-state index in [1.54, 1.807) is 12.4 Å². The molecule has 0 spiro atoms. The van der Waals surface area contributed by atoms with Crippen LogP contribution in [0.1, 0.15) is 12.2 Å². The molecule has 0 amide bonds. The van der Waals surface area contributed by atoms with E-state index in [2.05, 4.69) is 27.2 Å². The zero-order chi connectivity index (χ0) is 9.80. The third-order valence-electron chi connectivity index (χ3n) is 2.67. The van der Waals surface area contributed by atoms with Gasteiger partial charge < -0.3 is 5.32 Å². The summed E-state index contributed by atoms with van der Waals surface area (Å²) in [6, 6.07) is 2.49. The molecule has 0 aromatic carbocycles. The van der Waals surface area contributed by atoms with Gasteiger partial charge in [-0.2, -0.15) is 0 Å². The van der Waals surface area contributed by atoms with Gasteiger partial charge in [0.25, 0.3) is 0 Å². The van der Waals surface area contributed by atoms with E-state index in [1.807, 2.05) is 6.07 Å². The first-order valence-corrected chi connectivity index (χ1v) is 5.03. The molecular formula is C10H16N4. The van der Waals surface area contributed by atoms with E-state index in [9.17, 15) is 0 Å². The van der Waals surface area contributed by atoms with Crippen molar-refractivity contribution in [2.24, 2.45) is 0 Å². The second-order valence-corrected chi connectivity index (χ2v) is 3.73. The fourth-order valence-electron chi connectivity index (χ4n) is 1.78. The molecule has 0 bridgehead atoms. The summed E-state index contributed by atoms with van der Waals surface area (Å²) in [5.41, 5.74) is 0. The van der Waals surface area contributed by atoms with Crippen LogP contribution in [0, 0.1) is 0 Å². The van der Waals surface area contributed by atoms with Gasteiger partial charge in [-0.3, -0.25) is 4.90 Å². The molecular weight excluding hydrogens is 176 g/mol. The highest BCUT2D eigenvalue weighted by molar-refractivity contribution is 4.90. The van der Waals surface area contributed by atoms with E-state index in [-0.39, 0.29) is 0 Å². The average molecular weight is 192 g/mol. The van der Waals surface area contributed by atoms with Crippen LogP contribution in [0.4, 0.5) is 0 Å². The molecule has 1 aliphatic heterocycles. The maximum absolute atomic E-state index is 4.22. The van der Waals surface area contributed by atoms with Crippen LogP contribution in [-0.4, -0.2) is 41.0 Å². The minimum atomic E-state index is 0.638.